The smallest absolute Gasteiger partial charge is 0.121 e. The molecule has 1 aromatic heterocycles. The average Bonchev–Trinajstić information content (AvgIpc) is 2.88. The van der Waals surface area contributed by atoms with Gasteiger partial charge in [0.2, 0.25) is 0 Å². The number of hydrogen-bond acceptors (Lipinski definition) is 2. The highest BCUT2D eigenvalue weighted by Crippen LogP contribution is 2.14. The van der Waals surface area contributed by atoms with E-state index < -0.39 is 0 Å². The average molecular weight is 265 g/mol. The molecule has 0 saturated heterocycles. The molecule has 3 aromatic rings. The lowest BCUT2D eigenvalue weighted by atomic mass is 10.1. The van der Waals surface area contributed by atoms with Crippen molar-refractivity contribution in [2.24, 2.45) is 0 Å². The van der Waals surface area contributed by atoms with Gasteiger partial charge in [0.05, 0.1) is 17.6 Å². The topological polar surface area (TPSA) is 40.7 Å². The fraction of sp³-hybridized carbons (Fsp3) is 0.235. The van der Waals surface area contributed by atoms with Gasteiger partial charge < -0.3 is 10.3 Å². The Hall–Kier alpha value is -2.13. The number of aromatic nitrogens is 2. The number of para-hydroxylation sites is 2. The van der Waals surface area contributed by atoms with Crippen LogP contribution in [0.15, 0.2) is 48.5 Å². The van der Waals surface area contributed by atoms with E-state index in [-0.39, 0.29) is 0 Å². The van der Waals surface area contributed by atoms with E-state index in [0.717, 1.165) is 23.4 Å². The van der Waals surface area contributed by atoms with Gasteiger partial charge in [-0.2, -0.15) is 0 Å². The molecule has 3 rings (SSSR count). The van der Waals surface area contributed by atoms with E-state index >= 15 is 0 Å². The van der Waals surface area contributed by atoms with Gasteiger partial charge in [0.1, 0.15) is 5.82 Å². The van der Waals surface area contributed by atoms with Crippen molar-refractivity contribution in [3.8, 4) is 0 Å². The minimum atomic E-state index is 0.309. The zero-order chi connectivity index (χ0) is 13.9. The predicted octanol–water partition coefficient (Wildman–Crippen LogP) is 3.72. The Kier molecular flexibility index (Phi) is 3.52. The molecule has 2 N–H and O–H groups in total. The number of H-pyrrole nitrogens is 1. The first kappa shape index (κ1) is 12.9. The molecular formula is C17H19N3. The lowest BCUT2D eigenvalue weighted by molar-refractivity contribution is 0.562. The van der Waals surface area contributed by atoms with Crippen molar-refractivity contribution in [3.05, 3.63) is 65.5 Å². The summed E-state index contributed by atoms with van der Waals surface area (Å²) in [5.41, 5.74) is 4.70. The summed E-state index contributed by atoms with van der Waals surface area (Å²) >= 11 is 0. The van der Waals surface area contributed by atoms with Crippen molar-refractivity contribution in [1.82, 2.24) is 15.3 Å². The standard InChI is InChI=1S/C17H19N3/c1-12-7-9-14(10-8-12)13(2)18-11-17-19-15-5-3-4-6-16(15)20-17/h3-10,13,18H,11H2,1-2H3,(H,19,20). The molecule has 0 radical (unpaired) electrons. The highest BCUT2D eigenvalue weighted by molar-refractivity contribution is 5.74. The number of nitrogens with one attached hydrogen (secondary N) is 2. The van der Waals surface area contributed by atoms with Gasteiger partial charge in [-0.1, -0.05) is 42.0 Å². The van der Waals surface area contributed by atoms with Crippen LogP contribution < -0.4 is 5.32 Å². The summed E-state index contributed by atoms with van der Waals surface area (Å²) in [5, 5.41) is 3.50. The minimum Gasteiger partial charge on any atom is -0.341 e. The van der Waals surface area contributed by atoms with Crippen LogP contribution in [-0.2, 0) is 6.54 Å². The third-order valence-corrected chi connectivity index (χ3v) is 3.59. The van der Waals surface area contributed by atoms with Gasteiger partial charge in [-0.15, -0.1) is 0 Å². The number of rotatable bonds is 4. The maximum atomic E-state index is 4.57. The van der Waals surface area contributed by atoms with E-state index in [9.17, 15) is 0 Å². The van der Waals surface area contributed by atoms with Crippen LogP contribution >= 0.6 is 0 Å². The van der Waals surface area contributed by atoms with Crippen LogP contribution in [0.3, 0.4) is 0 Å². The summed E-state index contributed by atoms with van der Waals surface area (Å²) in [6, 6.07) is 17.1. The number of aryl methyl sites for hydroxylation is 1. The van der Waals surface area contributed by atoms with Crippen molar-refractivity contribution in [2.45, 2.75) is 26.4 Å². The first-order valence-electron chi connectivity index (χ1n) is 6.96. The Morgan fingerprint density at radius 2 is 1.85 bits per heavy atom. The molecule has 1 heterocycles. The van der Waals surface area contributed by atoms with Gasteiger partial charge in [-0.05, 0) is 31.5 Å². The number of benzene rings is 2. The number of aromatic amines is 1. The molecule has 1 unspecified atom stereocenters. The van der Waals surface area contributed by atoms with Gasteiger partial charge >= 0.3 is 0 Å². The molecule has 20 heavy (non-hydrogen) atoms. The third kappa shape index (κ3) is 2.73. The zero-order valence-corrected chi connectivity index (χ0v) is 11.9. The highest BCUT2D eigenvalue weighted by atomic mass is 15.0. The van der Waals surface area contributed by atoms with E-state index in [2.05, 4.69) is 59.5 Å². The molecule has 3 heteroatoms. The maximum Gasteiger partial charge on any atom is 0.121 e. The molecule has 0 fully saturated rings. The monoisotopic (exact) mass is 265 g/mol. The molecule has 102 valence electrons. The van der Waals surface area contributed by atoms with Crippen LogP contribution in [0, 0.1) is 6.92 Å². The quantitative estimate of drug-likeness (QED) is 0.754. The molecular weight excluding hydrogens is 246 g/mol. The molecule has 0 aliphatic rings. The Labute approximate surface area is 119 Å². The van der Waals surface area contributed by atoms with Crippen LogP contribution in [-0.4, -0.2) is 9.97 Å². The highest BCUT2D eigenvalue weighted by Gasteiger charge is 2.06. The second kappa shape index (κ2) is 5.47. The van der Waals surface area contributed by atoms with Crippen molar-refractivity contribution >= 4 is 11.0 Å². The molecule has 0 bridgehead atoms. The second-order valence-corrected chi connectivity index (χ2v) is 5.21. The van der Waals surface area contributed by atoms with E-state index in [0.29, 0.717) is 6.04 Å². The summed E-state index contributed by atoms with van der Waals surface area (Å²) in [6.45, 7) is 5.02. The Balaban J connectivity index is 1.68. The molecule has 0 aliphatic carbocycles. The molecule has 3 nitrogen and oxygen atoms in total. The third-order valence-electron chi connectivity index (χ3n) is 3.59. The Morgan fingerprint density at radius 1 is 1.10 bits per heavy atom. The van der Waals surface area contributed by atoms with Crippen LogP contribution in [0.4, 0.5) is 0 Å². The van der Waals surface area contributed by atoms with Crippen LogP contribution in [0.1, 0.15) is 29.9 Å². The SMILES string of the molecule is Cc1ccc(C(C)NCc2nc3ccccc3[nH]2)cc1. The lowest BCUT2D eigenvalue weighted by Crippen LogP contribution is -2.18. The summed E-state index contributed by atoms with van der Waals surface area (Å²) in [4.78, 5) is 7.91. The summed E-state index contributed by atoms with van der Waals surface area (Å²) in [5.74, 6) is 0.977. The molecule has 0 amide bonds. The molecule has 1 atom stereocenters. The van der Waals surface area contributed by atoms with E-state index in [1.807, 2.05) is 18.2 Å². The fourth-order valence-corrected chi connectivity index (χ4v) is 2.31. The molecule has 2 aromatic carbocycles. The van der Waals surface area contributed by atoms with Gasteiger partial charge in [-0.3, -0.25) is 0 Å². The van der Waals surface area contributed by atoms with E-state index in [4.69, 9.17) is 0 Å². The van der Waals surface area contributed by atoms with Crippen molar-refractivity contribution < 1.29 is 0 Å². The predicted molar refractivity (Wildman–Crippen MR) is 82.5 cm³/mol. The largest absolute Gasteiger partial charge is 0.341 e. The van der Waals surface area contributed by atoms with E-state index in [1.54, 1.807) is 0 Å². The maximum absolute atomic E-state index is 4.57. The van der Waals surface area contributed by atoms with Crippen molar-refractivity contribution in [2.75, 3.05) is 0 Å². The summed E-state index contributed by atoms with van der Waals surface area (Å²) in [6.07, 6.45) is 0. The van der Waals surface area contributed by atoms with Crippen molar-refractivity contribution in [1.29, 1.82) is 0 Å². The van der Waals surface area contributed by atoms with Crippen LogP contribution in [0.25, 0.3) is 11.0 Å². The van der Waals surface area contributed by atoms with Crippen molar-refractivity contribution in [3.63, 3.8) is 0 Å². The number of hydrogen-bond donors (Lipinski definition) is 2. The molecule has 0 spiro atoms. The van der Waals surface area contributed by atoms with Gasteiger partial charge in [0.15, 0.2) is 0 Å². The Bertz CT molecular complexity index is 665. The summed E-state index contributed by atoms with van der Waals surface area (Å²) in [7, 11) is 0. The van der Waals surface area contributed by atoms with E-state index in [1.165, 1.54) is 11.1 Å². The minimum absolute atomic E-state index is 0.309. The van der Waals surface area contributed by atoms with Crippen LogP contribution in [0.2, 0.25) is 0 Å². The van der Waals surface area contributed by atoms with Gasteiger partial charge in [0.25, 0.3) is 0 Å². The van der Waals surface area contributed by atoms with Gasteiger partial charge in [-0.25, -0.2) is 4.98 Å². The van der Waals surface area contributed by atoms with Crippen LogP contribution in [0.5, 0.6) is 0 Å². The first-order chi connectivity index (χ1) is 9.72. The second-order valence-electron chi connectivity index (χ2n) is 5.21. The number of fused-ring (bicyclic) bond motifs is 1. The lowest BCUT2D eigenvalue weighted by Gasteiger charge is -2.13. The van der Waals surface area contributed by atoms with Gasteiger partial charge in [0, 0.05) is 6.04 Å². The zero-order valence-electron chi connectivity index (χ0n) is 11.9. The normalized spacial score (nSPS) is 12.7. The number of imidazole rings is 1. The molecule has 0 aliphatic heterocycles. The molecule has 0 saturated carbocycles. The summed E-state index contributed by atoms with van der Waals surface area (Å²) < 4.78 is 0. The fourth-order valence-electron chi connectivity index (χ4n) is 2.31. The number of nitrogens with zero attached hydrogens (tertiary/aromatic N) is 1. The Morgan fingerprint density at radius 3 is 2.60 bits per heavy atom. The first-order valence-corrected chi connectivity index (χ1v) is 6.96.